The molecule has 0 amide bonds. The number of aryl methyl sites for hydroxylation is 1. The van der Waals surface area contributed by atoms with Gasteiger partial charge < -0.3 is 10.1 Å². The summed E-state index contributed by atoms with van der Waals surface area (Å²) in [6.45, 7) is 5.80. The predicted octanol–water partition coefficient (Wildman–Crippen LogP) is 4.43. The van der Waals surface area contributed by atoms with Gasteiger partial charge in [0, 0.05) is 29.6 Å². The Bertz CT molecular complexity index is 636. The molecule has 1 aliphatic rings. The molecule has 1 atom stereocenters. The molecule has 1 unspecified atom stereocenters. The average molecular weight is 302 g/mol. The van der Waals surface area contributed by atoms with Gasteiger partial charge in [-0.3, -0.25) is 0 Å². The van der Waals surface area contributed by atoms with E-state index in [2.05, 4.69) is 43.4 Å². The van der Waals surface area contributed by atoms with E-state index in [4.69, 9.17) is 16.3 Å². The molecule has 1 aliphatic heterocycles. The number of ether oxygens (including phenoxy) is 1. The summed E-state index contributed by atoms with van der Waals surface area (Å²) in [4.78, 5) is 0. The number of fused-ring (bicyclic) bond motifs is 1. The molecule has 2 aromatic carbocycles. The van der Waals surface area contributed by atoms with Crippen molar-refractivity contribution in [1.82, 2.24) is 5.32 Å². The quantitative estimate of drug-likeness (QED) is 0.902. The van der Waals surface area contributed by atoms with Gasteiger partial charge in [-0.15, -0.1) is 0 Å². The van der Waals surface area contributed by atoms with Crippen LogP contribution in [-0.2, 0) is 13.0 Å². The minimum atomic E-state index is 0.293. The molecule has 21 heavy (non-hydrogen) atoms. The summed E-state index contributed by atoms with van der Waals surface area (Å²) >= 11 is 6.19. The highest BCUT2D eigenvalue weighted by atomic mass is 35.5. The molecule has 1 heterocycles. The van der Waals surface area contributed by atoms with Gasteiger partial charge in [0.05, 0.1) is 6.61 Å². The average Bonchev–Trinajstić information content (AvgIpc) is 2.93. The molecule has 0 fully saturated rings. The van der Waals surface area contributed by atoms with Crippen molar-refractivity contribution >= 4 is 11.6 Å². The van der Waals surface area contributed by atoms with Crippen molar-refractivity contribution in [1.29, 1.82) is 0 Å². The molecular weight excluding hydrogens is 282 g/mol. The maximum absolute atomic E-state index is 6.19. The third kappa shape index (κ3) is 3.22. The van der Waals surface area contributed by atoms with Crippen LogP contribution in [0.3, 0.4) is 0 Å². The fourth-order valence-electron chi connectivity index (χ4n) is 2.71. The Balaban J connectivity index is 1.72. The van der Waals surface area contributed by atoms with Crippen LogP contribution in [0.4, 0.5) is 0 Å². The summed E-state index contributed by atoms with van der Waals surface area (Å²) in [7, 11) is 0. The topological polar surface area (TPSA) is 21.3 Å². The van der Waals surface area contributed by atoms with Crippen LogP contribution < -0.4 is 10.1 Å². The SMILES string of the molecule is Cc1ccc(C(C)NCc2cc(Cl)cc3c2OCC3)cc1. The Morgan fingerprint density at radius 3 is 2.76 bits per heavy atom. The van der Waals surface area contributed by atoms with Gasteiger partial charge in [0.25, 0.3) is 0 Å². The van der Waals surface area contributed by atoms with Gasteiger partial charge in [0.2, 0.25) is 0 Å². The zero-order chi connectivity index (χ0) is 14.8. The van der Waals surface area contributed by atoms with Crippen molar-refractivity contribution in [2.75, 3.05) is 6.61 Å². The lowest BCUT2D eigenvalue weighted by Gasteiger charge is -2.16. The number of halogens is 1. The summed E-state index contributed by atoms with van der Waals surface area (Å²) in [6, 6.07) is 12.9. The van der Waals surface area contributed by atoms with E-state index >= 15 is 0 Å². The van der Waals surface area contributed by atoms with Crippen molar-refractivity contribution in [3.05, 3.63) is 63.7 Å². The maximum atomic E-state index is 6.19. The first kappa shape index (κ1) is 14.4. The molecule has 2 aromatic rings. The highest BCUT2D eigenvalue weighted by Crippen LogP contribution is 2.33. The highest BCUT2D eigenvalue weighted by molar-refractivity contribution is 6.30. The molecule has 0 bridgehead atoms. The number of hydrogen-bond donors (Lipinski definition) is 1. The molecule has 0 aliphatic carbocycles. The Kier molecular flexibility index (Phi) is 4.18. The van der Waals surface area contributed by atoms with Gasteiger partial charge in [0.15, 0.2) is 0 Å². The summed E-state index contributed by atoms with van der Waals surface area (Å²) in [5.74, 6) is 1.02. The smallest absolute Gasteiger partial charge is 0.127 e. The van der Waals surface area contributed by atoms with Crippen molar-refractivity contribution in [2.45, 2.75) is 32.9 Å². The van der Waals surface area contributed by atoms with Crippen LogP contribution in [0.5, 0.6) is 5.75 Å². The van der Waals surface area contributed by atoms with Gasteiger partial charge in [0.1, 0.15) is 5.75 Å². The van der Waals surface area contributed by atoms with E-state index in [1.165, 1.54) is 16.7 Å². The first-order chi connectivity index (χ1) is 10.1. The minimum Gasteiger partial charge on any atom is -0.493 e. The first-order valence-corrected chi connectivity index (χ1v) is 7.75. The molecule has 2 nitrogen and oxygen atoms in total. The Labute approximate surface area is 131 Å². The lowest BCUT2D eigenvalue weighted by molar-refractivity contribution is 0.351. The normalized spacial score (nSPS) is 14.6. The molecule has 0 saturated heterocycles. The molecule has 0 radical (unpaired) electrons. The van der Waals surface area contributed by atoms with Crippen LogP contribution in [-0.4, -0.2) is 6.61 Å². The standard InChI is InChI=1S/C18H20ClNO/c1-12-3-5-14(6-4-12)13(2)20-11-16-10-17(19)9-15-7-8-21-18(15)16/h3-6,9-10,13,20H,7-8,11H2,1-2H3. The van der Waals surface area contributed by atoms with Crippen LogP contribution >= 0.6 is 11.6 Å². The van der Waals surface area contributed by atoms with Crippen molar-refractivity contribution in [3.63, 3.8) is 0 Å². The van der Waals surface area contributed by atoms with Crippen LogP contribution in [0.15, 0.2) is 36.4 Å². The monoisotopic (exact) mass is 301 g/mol. The number of rotatable bonds is 4. The van der Waals surface area contributed by atoms with Crippen molar-refractivity contribution in [2.24, 2.45) is 0 Å². The van der Waals surface area contributed by atoms with Crippen LogP contribution in [0.25, 0.3) is 0 Å². The maximum Gasteiger partial charge on any atom is 0.127 e. The van der Waals surface area contributed by atoms with Gasteiger partial charge in [-0.05, 0) is 37.1 Å². The summed E-state index contributed by atoms with van der Waals surface area (Å²) in [6.07, 6.45) is 0.955. The van der Waals surface area contributed by atoms with E-state index in [-0.39, 0.29) is 0 Å². The van der Waals surface area contributed by atoms with Crippen molar-refractivity contribution in [3.8, 4) is 5.75 Å². The van der Waals surface area contributed by atoms with Crippen LogP contribution in [0, 0.1) is 6.92 Å². The van der Waals surface area contributed by atoms with E-state index < -0.39 is 0 Å². The highest BCUT2D eigenvalue weighted by Gasteiger charge is 2.18. The first-order valence-electron chi connectivity index (χ1n) is 7.37. The second kappa shape index (κ2) is 6.08. The summed E-state index contributed by atoms with van der Waals surface area (Å²) in [5, 5.41) is 4.34. The third-order valence-corrected chi connectivity index (χ3v) is 4.22. The molecule has 110 valence electrons. The van der Waals surface area contributed by atoms with Crippen molar-refractivity contribution < 1.29 is 4.74 Å². The van der Waals surface area contributed by atoms with E-state index in [0.717, 1.165) is 35.9 Å². The molecule has 0 spiro atoms. The fourth-order valence-corrected chi connectivity index (χ4v) is 2.98. The van der Waals surface area contributed by atoms with Gasteiger partial charge >= 0.3 is 0 Å². The second-order valence-corrected chi connectivity index (χ2v) is 6.10. The number of nitrogens with one attached hydrogen (secondary N) is 1. The predicted molar refractivity (Wildman–Crippen MR) is 87.1 cm³/mol. The number of hydrogen-bond acceptors (Lipinski definition) is 2. The summed E-state index contributed by atoms with van der Waals surface area (Å²) in [5.41, 5.74) is 4.95. The molecular formula is C18H20ClNO. The lowest BCUT2D eigenvalue weighted by Crippen LogP contribution is -2.18. The third-order valence-electron chi connectivity index (χ3n) is 4.00. The largest absolute Gasteiger partial charge is 0.493 e. The minimum absolute atomic E-state index is 0.293. The molecule has 0 aromatic heterocycles. The zero-order valence-corrected chi connectivity index (χ0v) is 13.2. The van der Waals surface area contributed by atoms with Gasteiger partial charge in [-0.2, -0.15) is 0 Å². The van der Waals surface area contributed by atoms with Gasteiger partial charge in [-0.25, -0.2) is 0 Å². The molecule has 1 N–H and O–H groups in total. The Morgan fingerprint density at radius 2 is 2.00 bits per heavy atom. The van der Waals surface area contributed by atoms with E-state index in [0.29, 0.717) is 6.04 Å². The van der Waals surface area contributed by atoms with Crippen LogP contribution in [0.1, 0.15) is 35.2 Å². The lowest BCUT2D eigenvalue weighted by atomic mass is 10.0. The fraction of sp³-hybridized carbons (Fsp3) is 0.333. The van der Waals surface area contributed by atoms with E-state index in [1.807, 2.05) is 12.1 Å². The Hall–Kier alpha value is -1.51. The molecule has 0 saturated carbocycles. The van der Waals surface area contributed by atoms with E-state index in [9.17, 15) is 0 Å². The molecule has 3 heteroatoms. The zero-order valence-electron chi connectivity index (χ0n) is 12.4. The summed E-state index contributed by atoms with van der Waals surface area (Å²) < 4.78 is 5.74. The Morgan fingerprint density at radius 1 is 1.24 bits per heavy atom. The second-order valence-electron chi connectivity index (χ2n) is 5.66. The molecule has 3 rings (SSSR count). The van der Waals surface area contributed by atoms with Crippen LogP contribution in [0.2, 0.25) is 5.02 Å². The van der Waals surface area contributed by atoms with E-state index in [1.54, 1.807) is 0 Å². The van der Waals surface area contributed by atoms with Gasteiger partial charge in [-0.1, -0.05) is 41.4 Å². The number of benzene rings is 2.